The van der Waals surface area contributed by atoms with E-state index in [4.69, 9.17) is 10.1 Å². The second-order valence-corrected chi connectivity index (χ2v) is 3.25. The Hall–Kier alpha value is -1.57. The van der Waals surface area contributed by atoms with Crippen LogP contribution >= 0.6 is 0 Å². The maximum atomic E-state index is 7.75. The topological polar surface area (TPSA) is 33.1 Å². The average molecular weight is 173 g/mol. The standard InChI is InChI=1S/C11H11NO/c1-7-3-4-9-6-13-8(2)11(12)10(9)5-7/h3-5,12H,2,6H2,1H3. The Labute approximate surface area is 77.4 Å². The van der Waals surface area contributed by atoms with Gasteiger partial charge in [0, 0.05) is 5.56 Å². The van der Waals surface area contributed by atoms with E-state index in [1.165, 1.54) is 5.56 Å². The molecule has 2 heteroatoms. The second kappa shape index (κ2) is 2.73. The van der Waals surface area contributed by atoms with Crippen LogP contribution in [-0.2, 0) is 11.3 Å². The molecule has 1 aliphatic heterocycles. The predicted octanol–water partition coefficient (Wildman–Crippen LogP) is 2.41. The molecular formula is C11H11NO. The molecule has 0 atom stereocenters. The number of fused-ring (bicyclic) bond motifs is 1. The number of rotatable bonds is 0. The van der Waals surface area contributed by atoms with Gasteiger partial charge >= 0.3 is 0 Å². The van der Waals surface area contributed by atoms with Gasteiger partial charge in [0.1, 0.15) is 18.1 Å². The minimum atomic E-state index is 0.407. The smallest absolute Gasteiger partial charge is 0.138 e. The second-order valence-electron chi connectivity index (χ2n) is 3.25. The van der Waals surface area contributed by atoms with E-state index in [9.17, 15) is 0 Å². The molecule has 1 aromatic carbocycles. The fourth-order valence-corrected chi connectivity index (χ4v) is 1.44. The maximum Gasteiger partial charge on any atom is 0.138 e. The molecule has 1 heterocycles. The van der Waals surface area contributed by atoms with E-state index in [1.807, 2.05) is 25.1 Å². The molecular weight excluding hydrogens is 162 g/mol. The Morgan fingerprint density at radius 1 is 1.46 bits per heavy atom. The summed E-state index contributed by atoms with van der Waals surface area (Å²) < 4.78 is 5.24. The summed E-state index contributed by atoms with van der Waals surface area (Å²) >= 11 is 0. The highest BCUT2D eigenvalue weighted by Gasteiger charge is 2.17. The molecule has 1 N–H and O–H groups in total. The van der Waals surface area contributed by atoms with E-state index < -0.39 is 0 Å². The van der Waals surface area contributed by atoms with Crippen molar-refractivity contribution in [3.05, 3.63) is 47.2 Å². The number of benzene rings is 1. The van der Waals surface area contributed by atoms with Crippen LogP contribution in [0.2, 0.25) is 0 Å². The molecule has 0 unspecified atom stereocenters. The van der Waals surface area contributed by atoms with Gasteiger partial charge in [0.25, 0.3) is 0 Å². The van der Waals surface area contributed by atoms with Crippen LogP contribution < -0.4 is 0 Å². The number of hydrogen-bond donors (Lipinski definition) is 1. The van der Waals surface area contributed by atoms with E-state index in [0.29, 0.717) is 18.1 Å². The molecule has 1 aliphatic rings. The van der Waals surface area contributed by atoms with Crippen LogP contribution in [0.5, 0.6) is 0 Å². The molecule has 0 spiro atoms. The zero-order valence-electron chi connectivity index (χ0n) is 7.55. The fourth-order valence-electron chi connectivity index (χ4n) is 1.44. The molecule has 2 rings (SSSR count). The van der Waals surface area contributed by atoms with Crippen LogP contribution in [0.4, 0.5) is 0 Å². The lowest BCUT2D eigenvalue weighted by Crippen LogP contribution is -2.15. The van der Waals surface area contributed by atoms with Crippen LogP contribution in [0.3, 0.4) is 0 Å². The van der Waals surface area contributed by atoms with Crippen molar-refractivity contribution in [2.24, 2.45) is 0 Å². The molecule has 0 aromatic heterocycles. The maximum absolute atomic E-state index is 7.75. The molecule has 0 saturated carbocycles. The van der Waals surface area contributed by atoms with Gasteiger partial charge in [0.2, 0.25) is 0 Å². The highest BCUT2D eigenvalue weighted by Crippen LogP contribution is 2.22. The molecule has 13 heavy (non-hydrogen) atoms. The third kappa shape index (κ3) is 1.24. The summed E-state index contributed by atoms with van der Waals surface area (Å²) in [7, 11) is 0. The summed E-state index contributed by atoms with van der Waals surface area (Å²) in [6.45, 7) is 6.24. The number of allylic oxidation sites excluding steroid dienone is 1. The van der Waals surface area contributed by atoms with Gasteiger partial charge in [0.15, 0.2) is 0 Å². The number of ether oxygens (including phenoxy) is 1. The molecule has 0 bridgehead atoms. The lowest BCUT2D eigenvalue weighted by atomic mass is 9.98. The average Bonchev–Trinajstić information content (AvgIpc) is 2.12. The summed E-state index contributed by atoms with van der Waals surface area (Å²) in [5.41, 5.74) is 3.60. The van der Waals surface area contributed by atoms with E-state index in [-0.39, 0.29) is 0 Å². The van der Waals surface area contributed by atoms with Gasteiger partial charge in [-0.2, -0.15) is 0 Å². The van der Waals surface area contributed by atoms with Crippen LogP contribution in [0.25, 0.3) is 0 Å². The molecule has 2 nitrogen and oxygen atoms in total. The van der Waals surface area contributed by atoms with Gasteiger partial charge in [0.05, 0.1) is 0 Å². The molecule has 1 aromatic rings. The Balaban J connectivity index is 2.58. The van der Waals surface area contributed by atoms with Crippen molar-refractivity contribution >= 4 is 5.71 Å². The first-order valence-corrected chi connectivity index (χ1v) is 4.19. The van der Waals surface area contributed by atoms with E-state index in [0.717, 1.165) is 11.1 Å². The van der Waals surface area contributed by atoms with Gasteiger partial charge in [-0.05, 0) is 18.6 Å². The molecule has 0 saturated heterocycles. The van der Waals surface area contributed by atoms with Crippen LogP contribution in [0.15, 0.2) is 30.5 Å². The quantitative estimate of drug-likeness (QED) is 0.642. The zero-order chi connectivity index (χ0) is 9.42. The van der Waals surface area contributed by atoms with Gasteiger partial charge in [-0.3, -0.25) is 5.41 Å². The SMILES string of the molecule is C=C1OCc2ccc(C)cc2C1=N. The molecule has 66 valence electrons. The fraction of sp³-hybridized carbons (Fsp3) is 0.182. The normalized spacial score (nSPS) is 15.2. The Morgan fingerprint density at radius 2 is 2.23 bits per heavy atom. The predicted molar refractivity (Wildman–Crippen MR) is 51.9 cm³/mol. The van der Waals surface area contributed by atoms with Crippen molar-refractivity contribution in [2.75, 3.05) is 0 Å². The van der Waals surface area contributed by atoms with Crippen LogP contribution in [0, 0.1) is 12.3 Å². The van der Waals surface area contributed by atoms with Crippen molar-refractivity contribution in [2.45, 2.75) is 13.5 Å². The van der Waals surface area contributed by atoms with Gasteiger partial charge in [-0.1, -0.05) is 24.3 Å². The number of aryl methyl sites for hydroxylation is 1. The Kier molecular flexibility index (Phi) is 1.69. The van der Waals surface area contributed by atoms with E-state index in [2.05, 4.69) is 6.58 Å². The molecule has 0 amide bonds. The summed E-state index contributed by atoms with van der Waals surface area (Å²) in [4.78, 5) is 0. The first-order valence-electron chi connectivity index (χ1n) is 4.19. The lowest BCUT2D eigenvalue weighted by Gasteiger charge is -2.20. The molecule has 0 aliphatic carbocycles. The largest absolute Gasteiger partial charge is 0.487 e. The lowest BCUT2D eigenvalue weighted by molar-refractivity contribution is 0.213. The summed E-state index contributed by atoms with van der Waals surface area (Å²) in [6.07, 6.45) is 0. The third-order valence-electron chi connectivity index (χ3n) is 2.22. The first kappa shape index (κ1) is 8.05. The highest BCUT2D eigenvalue weighted by atomic mass is 16.5. The Bertz CT molecular complexity index is 393. The van der Waals surface area contributed by atoms with Crippen LogP contribution in [0.1, 0.15) is 16.7 Å². The van der Waals surface area contributed by atoms with Crippen LogP contribution in [-0.4, -0.2) is 5.71 Å². The van der Waals surface area contributed by atoms with E-state index in [1.54, 1.807) is 0 Å². The number of hydrogen-bond acceptors (Lipinski definition) is 2. The van der Waals surface area contributed by atoms with Crippen molar-refractivity contribution in [3.63, 3.8) is 0 Å². The highest BCUT2D eigenvalue weighted by molar-refractivity contribution is 6.10. The van der Waals surface area contributed by atoms with Gasteiger partial charge < -0.3 is 4.74 Å². The summed E-state index contributed by atoms with van der Waals surface area (Å²) in [5.74, 6) is 0.470. The van der Waals surface area contributed by atoms with Crippen molar-refractivity contribution in [1.29, 1.82) is 5.41 Å². The number of nitrogens with one attached hydrogen (secondary N) is 1. The first-order chi connectivity index (χ1) is 6.18. The monoisotopic (exact) mass is 173 g/mol. The summed E-state index contributed by atoms with van der Waals surface area (Å²) in [6, 6.07) is 6.04. The van der Waals surface area contributed by atoms with Gasteiger partial charge in [-0.15, -0.1) is 0 Å². The molecule has 0 radical (unpaired) electrons. The summed E-state index contributed by atoms with van der Waals surface area (Å²) in [5, 5.41) is 7.75. The van der Waals surface area contributed by atoms with Crippen molar-refractivity contribution < 1.29 is 4.74 Å². The minimum absolute atomic E-state index is 0.407. The molecule has 0 fully saturated rings. The van der Waals surface area contributed by atoms with Crippen molar-refractivity contribution in [3.8, 4) is 0 Å². The Morgan fingerprint density at radius 3 is 3.00 bits per heavy atom. The van der Waals surface area contributed by atoms with E-state index >= 15 is 0 Å². The van der Waals surface area contributed by atoms with Crippen molar-refractivity contribution in [1.82, 2.24) is 0 Å². The minimum Gasteiger partial charge on any atom is -0.487 e. The van der Waals surface area contributed by atoms with Gasteiger partial charge in [-0.25, -0.2) is 0 Å². The zero-order valence-corrected chi connectivity index (χ0v) is 7.55. The third-order valence-corrected chi connectivity index (χ3v) is 2.22.